The molecule has 0 spiro atoms. The molecule has 0 saturated carbocycles. The van der Waals surface area contributed by atoms with E-state index in [9.17, 15) is 10.1 Å². The molecule has 0 unspecified atom stereocenters. The van der Waals surface area contributed by atoms with Gasteiger partial charge in [-0.1, -0.05) is 41.7 Å². The Labute approximate surface area is 214 Å². The van der Waals surface area contributed by atoms with E-state index >= 15 is 0 Å². The van der Waals surface area contributed by atoms with Crippen molar-refractivity contribution in [3.05, 3.63) is 99.4 Å². The summed E-state index contributed by atoms with van der Waals surface area (Å²) in [6.07, 6.45) is 1.87. The van der Waals surface area contributed by atoms with Gasteiger partial charge in [-0.3, -0.25) is 4.79 Å². The van der Waals surface area contributed by atoms with Crippen molar-refractivity contribution in [2.45, 2.75) is 6.61 Å². The van der Waals surface area contributed by atoms with Gasteiger partial charge >= 0.3 is 0 Å². The normalized spacial score (nSPS) is 11.8. The summed E-state index contributed by atoms with van der Waals surface area (Å²) in [7, 11) is 0. The summed E-state index contributed by atoms with van der Waals surface area (Å²) in [6.45, 7) is 0.268. The lowest BCUT2D eigenvalue weighted by molar-refractivity contribution is 0.303. The SMILES string of the molecule is N#Cc1ccccc1COc1c(I)cc(I)cc1/C=c1\sc2nc3ccccc3n2c1=O. The second kappa shape index (κ2) is 8.80. The molecule has 0 amide bonds. The molecule has 2 aromatic heterocycles. The van der Waals surface area contributed by atoms with Crippen LogP contribution in [0.15, 0.2) is 65.5 Å². The number of ether oxygens (including phenoxy) is 1. The summed E-state index contributed by atoms with van der Waals surface area (Å²) in [6, 6.07) is 21.2. The van der Waals surface area contributed by atoms with Crippen LogP contribution in [0.3, 0.4) is 0 Å². The summed E-state index contributed by atoms with van der Waals surface area (Å²) in [4.78, 5) is 18.4. The molecule has 5 rings (SSSR count). The van der Waals surface area contributed by atoms with Gasteiger partial charge in [0.05, 0.1) is 30.8 Å². The Morgan fingerprint density at radius 2 is 1.91 bits per heavy atom. The van der Waals surface area contributed by atoms with E-state index < -0.39 is 0 Å². The van der Waals surface area contributed by atoms with Gasteiger partial charge in [-0.25, -0.2) is 9.38 Å². The Morgan fingerprint density at radius 3 is 2.75 bits per heavy atom. The van der Waals surface area contributed by atoms with Gasteiger partial charge in [-0.15, -0.1) is 0 Å². The molecule has 3 aromatic carbocycles. The van der Waals surface area contributed by atoms with E-state index in [1.165, 1.54) is 11.3 Å². The fourth-order valence-electron chi connectivity index (χ4n) is 3.50. The first kappa shape index (κ1) is 21.4. The topological polar surface area (TPSA) is 67.4 Å². The number of thiazole rings is 1. The standard InChI is InChI=1S/C24H13I2N3O2S/c25-17-9-16(22(18(26)11-17)31-13-15-6-2-1-5-14(15)12-27)10-21-23(30)29-20-8-4-3-7-19(20)28-24(29)32-21/h1-11H,13H2/b21-10-. The lowest BCUT2D eigenvalue weighted by Crippen LogP contribution is -2.22. The van der Waals surface area contributed by atoms with Crippen molar-refractivity contribution < 1.29 is 4.74 Å². The van der Waals surface area contributed by atoms with E-state index in [-0.39, 0.29) is 12.2 Å². The fourth-order valence-corrected chi connectivity index (χ4v) is 6.52. The second-order valence-corrected chi connectivity index (χ2v) is 10.4. The smallest absolute Gasteiger partial charge is 0.274 e. The van der Waals surface area contributed by atoms with Crippen LogP contribution >= 0.6 is 56.5 Å². The maximum Gasteiger partial charge on any atom is 0.274 e. The zero-order valence-electron chi connectivity index (χ0n) is 16.4. The predicted molar refractivity (Wildman–Crippen MR) is 143 cm³/mol. The number of aromatic nitrogens is 2. The molecule has 5 nitrogen and oxygen atoms in total. The summed E-state index contributed by atoms with van der Waals surface area (Å²) in [5.74, 6) is 0.689. The van der Waals surface area contributed by atoms with Gasteiger partial charge < -0.3 is 4.74 Å². The Balaban J connectivity index is 1.61. The van der Waals surface area contributed by atoms with Gasteiger partial charge in [-0.2, -0.15) is 5.26 Å². The number of para-hydroxylation sites is 2. The Bertz CT molecular complexity index is 1650. The molecule has 2 heterocycles. The average Bonchev–Trinajstić information content (AvgIpc) is 3.29. The molecular formula is C24H13I2N3O2S. The van der Waals surface area contributed by atoms with E-state index in [0.717, 1.165) is 29.3 Å². The highest BCUT2D eigenvalue weighted by atomic mass is 127. The Hall–Kier alpha value is -2.49. The van der Waals surface area contributed by atoms with Crippen LogP contribution in [-0.4, -0.2) is 9.38 Å². The van der Waals surface area contributed by atoms with Crippen molar-refractivity contribution in [3.8, 4) is 11.8 Å². The third-order valence-electron chi connectivity index (χ3n) is 4.98. The molecule has 0 N–H and O–H groups in total. The van der Waals surface area contributed by atoms with E-state index in [2.05, 4.69) is 56.2 Å². The third kappa shape index (κ3) is 3.89. The number of imidazole rings is 1. The fraction of sp³-hybridized carbons (Fsp3) is 0.0417. The van der Waals surface area contributed by atoms with Gasteiger partial charge in [0.1, 0.15) is 12.4 Å². The number of nitrogens with zero attached hydrogens (tertiary/aromatic N) is 3. The van der Waals surface area contributed by atoms with Gasteiger partial charge in [0, 0.05) is 14.7 Å². The highest BCUT2D eigenvalue weighted by Crippen LogP contribution is 2.30. The van der Waals surface area contributed by atoms with Crippen LogP contribution in [0.25, 0.3) is 22.1 Å². The van der Waals surface area contributed by atoms with Gasteiger partial charge in [0.2, 0.25) is 0 Å². The van der Waals surface area contributed by atoms with Crippen molar-refractivity contribution in [2.24, 2.45) is 0 Å². The molecule has 0 fully saturated rings. The van der Waals surface area contributed by atoms with Crippen molar-refractivity contribution in [1.29, 1.82) is 5.26 Å². The Kier molecular flexibility index (Phi) is 5.88. The molecule has 0 saturated heterocycles. The highest BCUT2D eigenvalue weighted by molar-refractivity contribution is 14.1. The minimum absolute atomic E-state index is 0.0895. The number of hydrogen-bond donors (Lipinski definition) is 0. The number of halogens is 2. The molecule has 0 aliphatic rings. The van der Waals surface area contributed by atoms with Crippen molar-refractivity contribution in [2.75, 3.05) is 0 Å². The maximum absolute atomic E-state index is 13.2. The molecular weight excluding hydrogens is 648 g/mol. The third-order valence-corrected chi connectivity index (χ3v) is 7.37. The average molecular weight is 661 g/mol. The maximum atomic E-state index is 13.2. The number of hydrogen-bond acceptors (Lipinski definition) is 5. The number of benzene rings is 3. The van der Waals surface area contributed by atoms with Crippen molar-refractivity contribution >= 4 is 78.6 Å². The molecule has 8 heteroatoms. The van der Waals surface area contributed by atoms with E-state index in [1.54, 1.807) is 10.5 Å². The zero-order valence-corrected chi connectivity index (χ0v) is 21.5. The number of nitriles is 1. The van der Waals surface area contributed by atoms with Gasteiger partial charge in [0.25, 0.3) is 5.56 Å². The minimum atomic E-state index is -0.0895. The van der Waals surface area contributed by atoms with Crippen LogP contribution < -0.4 is 14.8 Å². The molecule has 0 radical (unpaired) electrons. The predicted octanol–water partition coefficient (Wildman–Crippen LogP) is 5.12. The first-order chi connectivity index (χ1) is 15.5. The summed E-state index contributed by atoms with van der Waals surface area (Å²) >= 11 is 5.87. The largest absolute Gasteiger partial charge is 0.487 e. The second-order valence-electron chi connectivity index (χ2n) is 7.00. The first-order valence-corrected chi connectivity index (χ1v) is 12.5. The first-order valence-electron chi connectivity index (χ1n) is 9.57. The molecule has 0 bridgehead atoms. The van der Waals surface area contributed by atoms with Crippen LogP contribution in [0, 0.1) is 18.5 Å². The van der Waals surface area contributed by atoms with E-state index in [0.29, 0.717) is 20.8 Å². The van der Waals surface area contributed by atoms with Crippen LogP contribution in [0.4, 0.5) is 0 Å². The quantitative estimate of drug-likeness (QED) is 0.251. The monoisotopic (exact) mass is 661 g/mol. The molecule has 0 aliphatic carbocycles. The summed E-state index contributed by atoms with van der Waals surface area (Å²) < 4.78 is 10.4. The van der Waals surface area contributed by atoms with Crippen molar-refractivity contribution in [1.82, 2.24) is 9.38 Å². The molecule has 0 aliphatic heterocycles. The van der Waals surface area contributed by atoms with Crippen LogP contribution in [0.2, 0.25) is 0 Å². The summed E-state index contributed by atoms with van der Waals surface area (Å²) in [5.41, 5.74) is 3.76. The molecule has 156 valence electrons. The van der Waals surface area contributed by atoms with Crippen LogP contribution in [0.5, 0.6) is 5.75 Å². The molecule has 0 atom stereocenters. The zero-order chi connectivity index (χ0) is 22.2. The Morgan fingerprint density at radius 1 is 1.12 bits per heavy atom. The number of rotatable bonds is 4. The van der Waals surface area contributed by atoms with Gasteiger partial charge in [0.15, 0.2) is 4.96 Å². The number of fused-ring (bicyclic) bond motifs is 3. The van der Waals surface area contributed by atoms with Crippen molar-refractivity contribution in [3.63, 3.8) is 0 Å². The van der Waals surface area contributed by atoms with Crippen LogP contribution in [-0.2, 0) is 6.61 Å². The van der Waals surface area contributed by atoms with Crippen LogP contribution in [0.1, 0.15) is 16.7 Å². The minimum Gasteiger partial charge on any atom is -0.487 e. The highest BCUT2D eigenvalue weighted by Gasteiger charge is 2.14. The molecule has 32 heavy (non-hydrogen) atoms. The van der Waals surface area contributed by atoms with E-state index in [4.69, 9.17) is 4.74 Å². The molecule has 5 aromatic rings. The lowest BCUT2D eigenvalue weighted by atomic mass is 10.1. The lowest BCUT2D eigenvalue weighted by Gasteiger charge is -2.13. The van der Waals surface area contributed by atoms with E-state index in [1.807, 2.05) is 60.7 Å². The van der Waals surface area contributed by atoms with Gasteiger partial charge in [-0.05, 0) is 81.6 Å². The summed E-state index contributed by atoms with van der Waals surface area (Å²) in [5, 5.41) is 9.35.